The van der Waals surface area contributed by atoms with Gasteiger partial charge in [-0.15, -0.1) is 0 Å². The zero-order valence-electron chi connectivity index (χ0n) is 20.3. The molecule has 1 aromatic heterocycles. The molecule has 0 fully saturated rings. The molecule has 5 heteroatoms. The lowest BCUT2D eigenvalue weighted by atomic mass is 10.0. The Kier molecular flexibility index (Phi) is 6.39. The van der Waals surface area contributed by atoms with Crippen LogP contribution in [0.25, 0.3) is 33.1 Å². The van der Waals surface area contributed by atoms with Gasteiger partial charge in [-0.1, -0.05) is 96.5 Å². The monoisotopic (exact) mass is 511 g/mol. The van der Waals surface area contributed by atoms with Crippen molar-refractivity contribution in [1.29, 1.82) is 5.41 Å². The molecule has 0 aliphatic carbocycles. The van der Waals surface area contributed by atoms with Gasteiger partial charge in [-0.25, -0.2) is 9.98 Å². The van der Waals surface area contributed by atoms with Crippen LogP contribution in [0.15, 0.2) is 136 Å². The standard InChI is InChI=1S/C33H22ClN3O/c34-27-13-7-12-25(19-27)24-11-6-8-22(18-24)21-36-33(37-32(35)23-9-2-1-3-10-23)26-16-17-29-28-14-4-5-15-30(28)38-31(29)20-26/h1-21,35H. The molecule has 6 rings (SSSR count). The summed E-state index contributed by atoms with van der Waals surface area (Å²) in [5, 5.41) is 11.4. The Morgan fingerprint density at radius 3 is 2.24 bits per heavy atom. The van der Waals surface area contributed by atoms with Crippen LogP contribution in [0.5, 0.6) is 0 Å². The minimum absolute atomic E-state index is 0.134. The average Bonchev–Trinajstić information content (AvgIpc) is 3.33. The minimum atomic E-state index is 0.134. The van der Waals surface area contributed by atoms with Crippen LogP contribution in [-0.2, 0) is 0 Å². The van der Waals surface area contributed by atoms with Crippen molar-refractivity contribution in [1.82, 2.24) is 0 Å². The highest BCUT2D eigenvalue weighted by atomic mass is 35.5. The number of rotatable bonds is 4. The van der Waals surface area contributed by atoms with Crippen molar-refractivity contribution in [3.05, 3.63) is 143 Å². The summed E-state index contributed by atoms with van der Waals surface area (Å²) in [6.45, 7) is 0. The third-order valence-electron chi connectivity index (χ3n) is 6.28. The van der Waals surface area contributed by atoms with Gasteiger partial charge in [-0.2, -0.15) is 0 Å². The third kappa shape index (κ3) is 4.90. The molecule has 6 aromatic rings. The van der Waals surface area contributed by atoms with Crippen molar-refractivity contribution < 1.29 is 4.42 Å². The molecule has 0 saturated heterocycles. The highest BCUT2D eigenvalue weighted by Crippen LogP contribution is 2.29. The molecule has 0 amide bonds. The summed E-state index contributed by atoms with van der Waals surface area (Å²) in [6.07, 6.45) is 1.77. The van der Waals surface area contributed by atoms with Crippen LogP contribution < -0.4 is 0 Å². The second-order valence-corrected chi connectivity index (χ2v) is 9.29. The highest BCUT2D eigenvalue weighted by Gasteiger charge is 2.11. The van der Waals surface area contributed by atoms with E-state index in [2.05, 4.69) is 11.1 Å². The van der Waals surface area contributed by atoms with Crippen LogP contribution in [0.4, 0.5) is 0 Å². The van der Waals surface area contributed by atoms with E-state index in [4.69, 9.17) is 26.4 Å². The van der Waals surface area contributed by atoms with Crippen molar-refractivity contribution in [3.63, 3.8) is 0 Å². The number of aliphatic imine (C=N–C) groups is 2. The van der Waals surface area contributed by atoms with Gasteiger partial charge in [0.1, 0.15) is 11.2 Å². The first kappa shape index (κ1) is 23.6. The predicted molar refractivity (Wildman–Crippen MR) is 158 cm³/mol. The van der Waals surface area contributed by atoms with E-state index in [0.29, 0.717) is 16.4 Å². The first-order valence-electron chi connectivity index (χ1n) is 12.2. The highest BCUT2D eigenvalue weighted by molar-refractivity contribution is 6.30. The van der Waals surface area contributed by atoms with Gasteiger partial charge in [0.05, 0.1) is 0 Å². The maximum absolute atomic E-state index is 8.61. The van der Waals surface area contributed by atoms with E-state index in [1.807, 2.05) is 115 Å². The molecule has 1 heterocycles. The van der Waals surface area contributed by atoms with Crippen molar-refractivity contribution in [2.24, 2.45) is 9.98 Å². The van der Waals surface area contributed by atoms with Gasteiger partial charge in [0.15, 0.2) is 11.7 Å². The van der Waals surface area contributed by atoms with E-state index in [1.54, 1.807) is 6.21 Å². The quantitative estimate of drug-likeness (QED) is 0.186. The lowest BCUT2D eigenvalue weighted by molar-refractivity contribution is 0.669. The second kappa shape index (κ2) is 10.3. The minimum Gasteiger partial charge on any atom is -0.456 e. The van der Waals surface area contributed by atoms with Crippen molar-refractivity contribution in [2.45, 2.75) is 0 Å². The SMILES string of the molecule is N=C(N=C(N=Cc1cccc(-c2cccc(Cl)c2)c1)c1ccc2c(c1)oc1ccccc12)c1ccccc1. The predicted octanol–water partition coefficient (Wildman–Crippen LogP) is 8.80. The van der Waals surface area contributed by atoms with Gasteiger partial charge < -0.3 is 4.42 Å². The number of hydrogen-bond acceptors (Lipinski definition) is 2. The van der Waals surface area contributed by atoms with E-state index < -0.39 is 0 Å². The molecule has 4 nitrogen and oxygen atoms in total. The Balaban J connectivity index is 1.41. The molecule has 0 atom stereocenters. The molecule has 0 bridgehead atoms. The van der Waals surface area contributed by atoms with E-state index in [-0.39, 0.29) is 5.84 Å². The van der Waals surface area contributed by atoms with Crippen LogP contribution >= 0.6 is 11.6 Å². The maximum atomic E-state index is 8.61. The Morgan fingerprint density at radius 2 is 1.39 bits per heavy atom. The van der Waals surface area contributed by atoms with Crippen LogP contribution in [0.3, 0.4) is 0 Å². The summed E-state index contributed by atoms with van der Waals surface area (Å²) in [5.41, 5.74) is 6.04. The molecule has 0 spiro atoms. The largest absolute Gasteiger partial charge is 0.456 e. The van der Waals surface area contributed by atoms with Crippen LogP contribution in [0, 0.1) is 5.41 Å². The zero-order valence-corrected chi connectivity index (χ0v) is 21.1. The molecule has 0 radical (unpaired) electrons. The number of halogens is 1. The molecule has 0 aliphatic heterocycles. The average molecular weight is 512 g/mol. The summed E-state index contributed by atoms with van der Waals surface area (Å²) in [5.74, 6) is 0.560. The van der Waals surface area contributed by atoms with Gasteiger partial charge in [-0.05, 0) is 53.1 Å². The maximum Gasteiger partial charge on any atom is 0.161 e. The van der Waals surface area contributed by atoms with Crippen LogP contribution in [0.2, 0.25) is 5.02 Å². The summed E-state index contributed by atoms with van der Waals surface area (Å²) >= 11 is 6.20. The number of furan rings is 1. The van der Waals surface area contributed by atoms with E-state index in [1.165, 1.54) is 0 Å². The van der Waals surface area contributed by atoms with Crippen molar-refractivity contribution in [3.8, 4) is 11.1 Å². The third-order valence-corrected chi connectivity index (χ3v) is 6.52. The lowest BCUT2D eigenvalue weighted by Crippen LogP contribution is -2.04. The number of nitrogens with one attached hydrogen (secondary N) is 1. The second-order valence-electron chi connectivity index (χ2n) is 8.85. The molecule has 0 aliphatic rings. The number of para-hydroxylation sites is 1. The lowest BCUT2D eigenvalue weighted by Gasteiger charge is -2.05. The Bertz CT molecular complexity index is 1850. The van der Waals surface area contributed by atoms with Gasteiger partial charge in [0, 0.05) is 33.1 Å². The first-order chi connectivity index (χ1) is 18.6. The number of hydrogen-bond donors (Lipinski definition) is 1. The molecular weight excluding hydrogens is 490 g/mol. The van der Waals surface area contributed by atoms with Gasteiger partial charge in [0.2, 0.25) is 0 Å². The summed E-state index contributed by atoms with van der Waals surface area (Å²) in [7, 11) is 0. The van der Waals surface area contributed by atoms with Gasteiger partial charge in [0.25, 0.3) is 0 Å². The molecule has 0 saturated carbocycles. The van der Waals surface area contributed by atoms with Crippen LogP contribution in [-0.4, -0.2) is 17.9 Å². The Hall–Kier alpha value is -4.80. The smallest absolute Gasteiger partial charge is 0.161 e. The Morgan fingerprint density at radius 1 is 0.658 bits per heavy atom. The van der Waals surface area contributed by atoms with E-state index >= 15 is 0 Å². The van der Waals surface area contributed by atoms with Crippen LogP contribution in [0.1, 0.15) is 16.7 Å². The number of amidine groups is 2. The first-order valence-corrected chi connectivity index (χ1v) is 12.6. The summed E-state index contributed by atoms with van der Waals surface area (Å²) in [6, 6.07) is 39.2. The Labute approximate surface area is 225 Å². The fourth-order valence-electron chi connectivity index (χ4n) is 4.40. The van der Waals surface area contributed by atoms with Crippen molar-refractivity contribution in [2.75, 3.05) is 0 Å². The fourth-order valence-corrected chi connectivity index (χ4v) is 4.59. The fraction of sp³-hybridized carbons (Fsp3) is 0. The van der Waals surface area contributed by atoms with E-state index in [9.17, 15) is 0 Å². The molecule has 5 aromatic carbocycles. The molecule has 1 N–H and O–H groups in total. The number of fused-ring (bicyclic) bond motifs is 3. The number of benzene rings is 5. The molecule has 0 unspecified atom stereocenters. The molecule has 182 valence electrons. The normalized spacial score (nSPS) is 12.0. The van der Waals surface area contributed by atoms with Gasteiger partial charge in [-0.3, -0.25) is 5.41 Å². The topological polar surface area (TPSA) is 61.7 Å². The number of nitrogens with zero attached hydrogens (tertiary/aromatic N) is 2. The molecule has 38 heavy (non-hydrogen) atoms. The van der Waals surface area contributed by atoms with Crippen molar-refractivity contribution >= 4 is 51.4 Å². The summed E-state index contributed by atoms with van der Waals surface area (Å²) in [4.78, 5) is 9.39. The zero-order chi connectivity index (χ0) is 25.9. The molecular formula is C33H22ClN3O. The van der Waals surface area contributed by atoms with E-state index in [0.717, 1.165) is 44.2 Å². The van der Waals surface area contributed by atoms with Gasteiger partial charge >= 0.3 is 0 Å². The summed E-state index contributed by atoms with van der Waals surface area (Å²) < 4.78 is 6.10.